The lowest BCUT2D eigenvalue weighted by Gasteiger charge is -2.31. The number of carbonyl (C=O) groups excluding carboxylic acids is 1. The monoisotopic (exact) mass is 340 g/mol. The van der Waals surface area contributed by atoms with Gasteiger partial charge in [-0.05, 0) is 30.9 Å². The normalized spacial score (nSPS) is 16.8. The molecule has 0 bridgehead atoms. The minimum absolute atomic E-state index is 0.205. The number of hydrogen-bond donors (Lipinski definition) is 1. The van der Waals surface area contributed by atoms with Crippen LogP contribution in [0.2, 0.25) is 0 Å². The van der Waals surface area contributed by atoms with Crippen molar-refractivity contribution in [1.29, 1.82) is 0 Å². The van der Waals surface area contributed by atoms with Crippen LogP contribution < -0.4 is 19.7 Å². The third-order valence-corrected chi connectivity index (χ3v) is 4.62. The highest BCUT2D eigenvalue weighted by molar-refractivity contribution is 6.03. The summed E-state index contributed by atoms with van der Waals surface area (Å²) in [5.74, 6) is 2.59. The van der Waals surface area contributed by atoms with Gasteiger partial charge in [0.05, 0.1) is 0 Å². The number of rotatable bonds is 3. The van der Waals surface area contributed by atoms with E-state index in [9.17, 15) is 4.79 Å². The van der Waals surface area contributed by atoms with Gasteiger partial charge in [-0.1, -0.05) is 6.92 Å². The van der Waals surface area contributed by atoms with Crippen molar-refractivity contribution in [1.82, 2.24) is 9.97 Å². The van der Waals surface area contributed by atoms with Crippen molar-refractivity contribution in [2.45, 2.75) is 19.8 Å². The quantitative estimate of drug-likeness (QED) is 0.926. The highest BCUT2D eigenvalue weighted by atomic mass is 16.7. The summed E-state index contributed by atoms with van der Waals surface area (Å²) in [5, 5.41) is 2.84. The van der Waals surface area contributed by atoms with Crippen LogP contribution >= 0.6 is 0 Å². The summed E-state index contributed by atoms with van der Waals surface area (Å²) in [6.45, 7) is 4.39. The molecule has 130 valence electrons. The predicted molar refractivity (Wildman–Crippen MR) is 93.2 cm³/mol. The molecule has 0 aliphatic carbocycles. The molecule has 2 aliphatic heterocycles. The number of piperidine rings is 1. The summed E-state index contributed by atoms with van der Waals surface area (Å²) in [6.07, 6.45) is 3.73. The highest BCUT2D eigenvalue weighted by Crippen LogP contribution is 2.34. The number of anilines is 2. The van der Waals surface area contributed by atoms with Crippen LogP contribution in [0.25, 0.3) is 0 Å². The van der Waals surface area contributed by atoms with E-state index in [1.165, 1.54) is 6.33 Å². The molecule has 7 heteroatoms. The first-order valence-electron chi connectivity index (χ1n) is 8.47. The summed E-state index contributed by atoms with van der Waals surface area (Å²) in [4.78, 5) is 23.2. The van der Waals surface area contributed by atoms with Gasteiger partial charge >= 0.3 is 0 Å². The van der Waals surface area contributed by atoms with Crippen molar-refractivity contribution >= 4 is 17.4 Å². The predicted octanol–water partition coefficient (Wildman–Crippen LogP) is 2.69. The van der Waals surface area contributed by atoms with Gasteiger partial charge in [-0.15, -0.1) is 0 Å². The van der Waals surface area contributed by atoms with Crippen molar-refractivity contribution in [2.24, 2.45) is 5.92 Å². The molecule has 0 unspecified atom stereocenters. The number of carbonyl (C=O) groups is 1. The second-order valence-electron chi connectivity index (χ2n) is 6.45. The van der Waals surface area contributed by atoms with Gasteiger partial charge in [-0.25, -0.2) is 9.97 Å². The van der Waals surface area contributed by atoms with Crippen LogP contribution in [-0.4, -0.2) is 35.8 Å². The summed E-state index contributed by atoms with van der Waals surface area (Å²) < 4.78 is 10.6. The van der Waals surface area contributed by atoms with E-state index in [1.807, 2.05) is 0 Å². The van der Waals surface area contributed by atoms with Gasteiger partial charge in [0.1, 0.15) is 17.8 Å². The zero-order valence-electron chi connectivity index (χ0n) is 14.1. The Bertz CT molecular complexity index is 788. The van der Waals surface area contributed by atoms with Crippen LogP contribution in [0, 0.1) is 5.92 Å². The summed E-state index contributed by atoms with van der Waals surface area (Å²) in [7, 11) is 0. The van der Waals surface area contributed by atoms with Crippen molar-refractivity contribution in [3.05, 3.63) is 36.3 Å². The zero-order valence-corrected chi connectivity index (χ0v) is 14.1. The largest absolute Gasteiger partial charge is 0.454 e. The lowest BCUT2D eigenvalue weighted by Crippen LogP contribution is -2.33. The van der Waals surface area contributed by atoms with E-state index in [0.717, 1.165) is 37.7 Å². The smallest absolute Gasteiger partial charge is 0.274 e. The lowest BCUT2D eigenvalue weighted by molar-refractivity contribution is 0.102. The van der Waals surface area contributed by atoms with E-state index >= 15 is 0 Å². The number of benzene rings is 1. The molecule has 0 saturated carbocycles. The van der Waals surface area contributed by atoms with Gasteiger partial charge in [0.15, 0.2) is 11.5 Å². The standard InChI is InChI=1S/C18H20N4O3/c1-12-4-6-22(7-5-12)17-9-14(19-10-20-17)18(23)21-13-2-3-15-16(8-13)25-11-24-15/h2-3,8-10,12H,4-7,11H2,1H3,(H,21,23). The maximum absolute atomic E-state index is 12.5. The molecule has 0 spiro atoms. The molecule has 1 aromatic heterocycles. The molecule has 1 fully saturated rings. The molecule has 0 atom stereocenters. The van der Waals surface area contributed by atoms with Crippen LogP contribution in [-0.2, 0) is 0 Å². The van der Waals surface area contributed by atoms with Gasteiger partial charge in [-0.3, -0.25) is 4.79 Å². The zero-order chi connectivity index (χ0) is 17.2. The molecule has 7 nitrogen and oxygen atoms in total. The summed E-state index contributed by atoms with van der Waals surface area (Å²) in [5.41, 5.74) is 0.988. The number of nitrogens with zero attached hydrogens (tertiary/aromatic N) is 3. The number of hydrogen-bond acceptors (Lipinski definition) is 6. The van der Waals surface area contributed by atoms with Crippen molar-refractivity contribution in [3.63, 3.8) is 0 Å². The molecule has 2 aromatic rings. The number of fused-ring (bicyclic) bond motifs is 1. The second-order valence-corrected chi connectivity index (χ2v) is 6.45. The molecule has 1 amide bonds. The van der Waals surface area contributed by atoms with Crippen molar-refractivity contribution in [3.8, 4) is 11.5 Å². The van der Waals surface area contributed by atoms with Crippen molar-refractivity contribution in [2.75, 3.05) is 30.1 Å². The van der Waals surface area contributed by atoms with E-state index in [4.69, 9.17) is 9.47 Å². The SMILES string of the molecule is CC1CCN(c2cc(C(=O)Nc3ccc4c(c3)OCO4)ncn2)CC1. The Morgan fingerprint density at radius 1 is 1.16 bits per heavy atom. The molecule has 1 saturated heterocycles. The fraction of sp³-hybridized carbons (Fsp3) is 0.389. The van der Waals surface area contributed by atoms with Crippen LogP contribution in [0.1, 0.15) is 30.3 Å². The molecule has 1 aromatic carbocycles. The number of aromatic nitrogens is 2. The molecule has 1 N–H and O–H groups in total. The molecule has 3 heterocycles. The third kappa shape index (κ3) is 3.35. The Balaban J connectivity index is 1.48. The van der Waals surface area contributed by atoms with Gasteiger partial charge in [0.2, 0.25) is 6.79 Å². The average Bonchev–Trinajstić information content (AvgIpc) is 3.10. The van der Waals surface area contributed by atoms with E-state index < -0.39 is 0 Å². The topological polar surface area (TPSA) is 76.6 Å². The number of ether oxygens (including phenoxy) is 2. The molecular weight excluding hydrogens is 320 g/mol. The lowest BCUT2D eigenvalue weighted by atomic mass is 9.99. The van der Waals surface area contributed by atoms with E-state index in [2.05, 4.69) is 27.1 Å². The fourth-order valence-corrected chi connectivity index (χ4v) is 3.05. The average molecular weight is 340 g/mol. The molecule has 25 heavy (non-hydrogen) atoms. The van der Waals surface area contributed by atoms with Crippen LogP contribution in [0.4, 0.5) is 11.5 Å². The Hall–Kier alpha value is -2.83. The first-order valence-corrected chi connectivity index (χ1v) is 8.47. The van der Waals surface area contributed by atoms with Crippen LogP contribution in [0.3, 0.4) is 0 Å². The number of amides is 1. The van der Waals surface area contributed by atoms with Gasteiger partial charge in [-0.2, -0.15) is 0 Å². The third-order valence-electron chi connectivity index (χ3n) is 4.62. The first-order chi connectivity index (χ1) is 12.2. The highest BCUT2D eigenvalue weighted by Gasteiger charge is 2.19. The Labute approximate surface area is 146 Å². The van der Waals surface area contributed by atoms with Crippen molar-refractivity contribution < 1.29 is 14.3 Å². The summed E-state index contributed by atoms with van der Waals surface area (Å²) >= 11 is 0. The Morgan fingerprint density at radius 2 is 1.96 bits per heavy atom. The second kappa shape index (κ2) is 6.58. The molecular formula is C18H20N4O3. The molecule has 4 rings (SSSR count). The van der Waals surface area contributed by atoms with Gasteiger partial charge in [0.25, 0.3) is 5.91 Å². The van der Waals surface area contributed by atoms with E-state index in [1.54, 1.807) is 24.3 Å². The Kier molecular flexibility index (Phi) is 4.13. The van der Waals surface area contributed by atoms with E-state index in [0.29, 0.717) is 22.9 Å². The summed E-state index contributed by atoms with van der Waals surface area (Å²) in [6, 6.07) is 7.05. The maximum atomic E-state index is 12.5. The fourth-order valence-electron chi connectivity index (χ4n) is 3.05. The molecule has 2 aliphatic rings. The van der Waals surface area contributed by atoms with Crippen LogP contribution in [0.15, 0.2) is 30.6 Å². The minimum atomic E-state index is -0.270. The van der Waals surface area contributed by atoms with E-state index in [-0.39, 0.29) is 12.7 Å². The van der Waals surface area contributed by atoms with Gasteiger partial charge in [0, 0.05) is 30.9 Å². The molecule has 0 radical (unpaired) electrons. The minimum Gasteiger partial charge on any atom is -0.454 e. The maximum Gasteiger partial charge on any atom is 0.274 e. The first kappa shape index (κ1) is 15.7. The van der Waals surface area contributed by atoms with Crippen LogP contribution in [0.5, 0.6) is 11.5 Å². The Morgan fingerprint density at radius 3 is 2.80 bits per heavy atom. The number of nitrogens with one attached hydrogen (secondary N) is 1. The van der Waals surface area contributed by atoms with Gasteiger partial charge < -0.3 is 19.7 Å².